The molecule has 22 heavy (non-hydrogen) atoms. The highest BCUT2D eigenvalue weighted by atomic mass is 16.2. The Bertz CT molecular complexity index is 490. The zero-order valence-electron chi connectivity index (χ0n) is 13.4. The third kappa shape index (κ3) is 5.17. The molecular formula is C18H26N2O2. The number of carbonyl (C=O) groups excluding carboxylic acids is 2. The summed E-state index contributed by atoms with van der Waals surface area (Å²) in [4.78, 5) is 23.9. The van der Waals surface area contributed by atoms with Crippen LogP contribution in [-0.2, 0) is 4.79 Å². The highest BCUT2D eigenvalue weighted by Gasteiger charge is 2.18. The van der Waals surface area contributed by atoms with Crippen molar-refractivity contribution in [2.75, 3.05) is 11.9 Å². The zero-order valence-corrected chi connectivity index (χ0v) is 13.4. The number of hydrogen-bond acceptors (Lipinski definition) is 2. The molecule has 0 aliphatic heterocycles. The second kappa shape index (κ2) is 8.57. The average Bonchev–Trinajstić information content (AvgIpc) is 3.01. The van der Waals surface area contributed by atoms with Crippen molar-refractivity contribution >= 4 is 17.5 Å². The van der Waals surface area contributed by atoms with E-state index in [-0.39, 0.29) is 11.8 Å². The molecule has 0 saturated heterocycles. The molecule has 1 aliphatic rings. The Balaban J connectivity index is 1.80. The quantitative estimate of drug-likeness (QED) is 0.754. The molecule has 1 fully saturated rings. The van der Waals surface area contributed by atoms with Crippen molar-refractivity contribution in [2.45, 2.75) is 51.9 Å². The van der Waals surface area contributed by atoms with Gasteiger partial charge in [-0.05, 0) is 49.4 Å². The third-order valence-corrected chi connectivity index (χ3v) is 4.20. The van der Waals surface area contributed by atoms with Gasteiger partial charge in [0, 0.05) is 24.2 Å². The largest absolute Gasteiger partial charge is 0.352 e. The molecule has 120 valence electrons. The second-order valence-electron chi connectivity index (χ2n) is 6.09. The van der Waals surface area contributed by atoms with E-state index in [1.54, 1.807) is 24.3 Å². The molecule has 1 aromatic carbocycles. The first-order valence-corrected chi connectivity index (χ1v) is 8.37. The van der Waals surface area contributed by atoms with Gasteiger partial charge >= 0.3 is 0 Å². The molecule has 0 spiro atoms. The normalized spacial score (nSPS) is 14.8. The molecule has 0 aromatic heterocycles. The van der Waals surface area contributed by atoms with E-state index in [1.165, 1.54) is 25.7 Å². The molecule has 0 bridgehead atoms. The number of carbonyl (C=O) groups is 2. The highest BCUT2D eigenvalue weighted by Crippen LogP contribution is 2.27. The van der Waals surface area contributed by atoms with Crippen LogP contribution < -0.4 is 10.6 Å². The Morgan fingerprint density at radius 2 is 1.82 bits per heavy atom. The maximum atomic E-state index is 12.0. The summed E-state index contributed by atoms with van der Waals surface area (Å²) >= 11 is 0. The van der Waals surface area contributed by atoms with Gasteiger partial charge in [-0.3, -0.25) is 9.59 Å². The van der Waals surface area contributed by atoms with Gasteiger partial charge in [0.25, 0.3) is 5.91 Å². The van der Waals surface area contributed by atoms with Crippen molar-refractivity contribution in [3.8, 4) is 0 Å². The number of benzene rings is 1. The molecule has 0 unspecified atom stereocenters. The minimum absolute atomic E-state index is 0.0581. The van der Waals surface area contributed by atoms with Gasteiger partial charge in [-0.2, -0.15) is 0 Å². The molecule has 0 radical (unpaired) electrons. The van der Waals surface area contributed by atoms with Gasteiger partial charge in [0.2, 0.25) is 5.91 Å². The van der Waals surface area contributed by atoms with E-state index >= 15 is 0 Å². The van der Waals surface area contributed by atoms with Crippen LogP contribution in [0.1, 0.15) is 62.2 Å². The van der Waals surface area contributed by atoms with Crippen molar-refractivity contribution in [1.29, 1.82) is 0 Å². The first-order chi connectivity index (χ1) is 10.7. The van der Waals surface area contributed by atoms with Gasteiger partial charge in [-0.25, -0.2) is 0 Å². The van der Waals surface area contributed by atoms with Gasteiger partial charge in [-0.1, -0.05) is 26.2 Å². The van der Waals surface area contributed by atoms with Crippen LogP contribution in [0, 0.1) is 5.92 Å². The van der Waals surface area contributed by atoms with E-state index in [9.17, 15) is 9.59 Å². The number of hydrogen-bond donors (Lipinski definition) is 2. The fourth-order valence-electron chi connectivity index (χ4n) is 2.87. The van der Waals surface area contributed by atoms with Crippen LogP contribution in [0.3, 0.4) is 0 Å². The predicted molar refractivity (Wildman–Crippen MR) is 88.9 cm³/mol. The summed E-state index contributed by atoms with van der Waals surface area (Å²) in [6, 6.07) is 7.10. The molecule has 1 saturated carbocycles. The average molecular weight is 302 g/mol. The fraction of sp³-hybridized carbons (Fsp3) is 0.556. The van der Waals surface area contributed by atoms with Gasteiger partial charge in [0.15, 0.2) is 0 Å². The minimum atomic E-state index is -0.0581. The van der Waals surface area contributed by atoms with Crippen LogP contribution in [-0.4, -0.2) is 18.4 Å². The Morgan fingerprint density at radius 3 is 2.45 bits per heavy atom. The van der Waals surface area contributed by atoms with Gasteiger partial charge in [0.1, 0.15) is 0 Å². The lowest BCUT2D eigenvalue weighted by molar-refractivity contribution is -0.117. The number of amides is 2. The number of rotatable bonds is 7. The molecule has 1 aromatic rings. The lowest BCUT2D eigenvalue weighted by Crippen LogP contribution is -2.24. The Morgan fingerprint density at radius 1 is 1.14 bits per heavy atom. The maximum Gasteiger partial charge on any atom is 0.251 e. The summed E-state index contributed by atoms with van der Waals surface area (Å²) < 4.78 is 0. The summed E-state index contributed by atoms with van der Waals surface area (Å²) in [5.74, 6) is 0.563. The van der Waals surface area contributed by atoms with Crippen LogP contribution in [0.25, 0.3) is 0 Å². The number of nitrogens with one attached hydrogen (secondary N) is 2. The predicted octanol–water partition coefficient (Wildman–Crippen LogP) is 3.74. The van der Waals surface area contributed by atoms with Gasteiger partial charge in [0.05, 0.1) is 0 Å². The van der Waals surface area contributed by atoms with Crippen LogP contribution in [0.15, 0.2) is 24.3 Å². The van der Waals surface area contributed by atoms with E-state index in [2.05, 4.69) is 17.6 Å². The molecule has 1 aliphatic carbocycles. The summed E-state index contributed by atoms with van der Waals surface area (Å²) in [6.07, 6.45) is 7.50. The smallest absolute Gasteiger partial charge is 0.251 e. The Hall–Kier alpha value is -1.84. The lowest BCUT2D eigenvalue weighted by Gasteiger charge is -2.10. The van der Waals surface area contributed by atoms with Crippen molar-refractivity contribution in [3.63, 3.8) is 0 Å². The first kappa shape index (κ1) is 16.5. The van der Waals surface area contributed by atoms with Crippen molar-refractivity contribution in [3.05, 3.63) is 29.8 Å². The SMILES string of the molecule is CCCCNC(=O)c1ccc(NC(=O)CC2CCCC2)cc1. The monoisotopic (exact) mass is 302 g/mol. The lowest BCUT2D eigenvalue weighted by atomic mass is 10.0. The van der Waals surface area contributed by atoms with Crippen molar-refractivity contribution in [1.82, 2.24) is 5.32 Å². The number of unbranched alkanes of at least 4 members (excludes halogenated alkanes) is 1. The first-order valence-electron chi connectivity index (χ1n) is 8.37. The van der Waals surface area contributed by atoms with Crippen molar-refractivity contribution < 1.29 is 9.59 Å². The van der Waals surface area contributed by atoms with Gasteiger partial charge < -0.3 is 10.6 Å². The summed E-state index contributed by atoms with van der Waals surface area (Å²) in [5, 5.41) is 5.80. The molecular weight excluding hydrogens is 276 g/mol. The van der Waals surface area contributed by atoms with Crippen LogP contribution in [0.4, 0.5) is 5.69 Å². The van der Waals surface area contributed by atoms with E-state index in [1.807, 2.05) is 0 Å². The molecule has 2 rings (SSSR count). The standard InChI is InChI=1S/C18H26N2O2/c1-2-3-12-19-18(22)15-8-10-16(11-9-15)20-17(21)13-14-6-4-5-7-14/h8-11,14H,2-7,12-13H2,1H3,(H,19,22)(H,20,21). The Kier molecular flexibility index (Phi) is 6.44. The molecule has 0 atom stereocenters. The van der Waals surface area contributed by atoms with Gasteiger partial charge in [-0.15, -0.1) is 0 Å². The van der Waals surface area contributed by atoms with E-state index in [0.29, 0.717) is 24.4 Å². The molecule has 4 heteroatoms. The molecule has 0 heterocycles. The van der Waals surface area contributed by atoms with E-state index in [0.717, 1.165) is 18.5 Å². The zero-order chi connectivity index (χ0) is 15.8. The van der Waals surface area contributed by atoms with Crippen LogP contribution in [0.2, 0.25) is 0 Å². The summed E-state index contributed by atoms with van der Waals surface area (Å²) in [6.45, 7) is 2.80. The van der Waals surface area contributed by atoms with Crippen molar-refractivity contribution in [2.24, 2.45) is 5.92 Å². The fourth-order valence-corrected chi connectivity index (χ4v) is 2.87. The van der Waals surface area contributed by atoms with Crippen LogP contribution in [0.5, 0.6) is 0 Å². The highest BCUT2D eigenvalue weighted by molar-refractivity contribution is 5.95. The summed E-state index contributed by atoms with van der Waals surface area (Å²) in [7, 11) is 0. The van der Waals surface area contributed by atoms with E-state index in [4.69, 9.17) is 0 Å². The summed E-state index contributed by atoms with van der Waals surface area (Å²) in [5.41, 5.74) is 1.39. The Labute approximate surface area is 132 Å². The third-order valence-electron chi connectivity index (χ3n) is 4.20. The maximum absolute atomic E-state index is 12.0. The molecule has 4 nitrogen and oxygen atoms in total. The van der Waals surface area contributed by atoms with Crippen LogP contribution >= 0.6 is 0 Å². The molecule has 2 N–H and O–H groups in total. The van der Waals surface area contributed by atoms with E-state index < -0.39 is 0 Å². The topological polar surface area (TPSA) is 58.2 Å². The molecule has 2 amide bonds. The minimum Gasteiger partial charge on any atom is -0.352 e. The number of anilines is 1. The second-order valence-corrected chi connectivity index (χ2v) is 6.09.